The Morgan fingerprint density at radius 2 is 2.07 bits per heavy atom. The third-order valence-corrected chi connectivity index (χ3v) is 5.89. The van der Waals surface area contributed by atoms with Gasteiger partial charge in [-0.05, 0) is 37.6 Å². The zero-order valence-electron chi connectivity index (χ0n) is 18.1. The molecular formula is C20H32N6O2S. The first-order chi connectivity index (χ1) is 13.7. The monoisotopic (exact) mass is 420 g/mol. The molecule has 0 aliphatic carbocycles. The van der Waals surface area contributed by atoms with Crippen molar-refractivity contribution in [3.8, 4) is 0 Å². The standard InChI is InChI=1S/C20H32N6O2S/c1-7-22-20(25(5)13-17-14-26(6)24-19(17)15(2)3)23-12-16-9-8-10-18(11-16)29(27,28)21-4/h8-11,14-15,21H,7,12-13H2,1-6H3,(H,22,23). The maximum Gasteiger partial charge on any atom is 0.240 e. The van der Waals surface area contributed by atoms with Crippen LogP contribution in [-0.2, 0) is 30.2 Å². The van der Waals surface area contributed by atoms with Gasteiger partial charge in [-0.1, -0.05) is 26.0 Å². The molecule has 0 saturated heterocycles. The second-order valence-electron chi connectivity index (χ2n) is 7.25. The van der Waals surface area contributed by atoms with Crippen molar-refractivity contribution in [1.82, 2.24) is 24.7 Å². The largest absolute Gasteiger partial charge is 0.357 e. The predicted octanol–water partition coefficient (Wildman–Crippen LogP) is 2.05. The molecule has 0 aliphatic heterocycles. The van der Waals surface area contributed by atoms with Gasteiger partial charge in [-0.15, -0.1) is 0 Å². The zero-order valence-corrected chi connectivity index (χ0v) is 18.9. The number of nitrogens with zero attached hydrogens (tertiary/aromatic N) is 4. The van der Waals surface area contributed by atoms with Crippen molar-refractivity contribution in [2.24, 2.45) is 12.0 Å². The number of hydrogen-bond donors (Lipinski definition) is 2. The SMILES string of the molecule is CCNC(=NCc1cccc(S(=O)(=O)NC)c1)N(C)Cc1cn(C)nc1C(C)C. The van der Waals surface area contributed by atoms with Gasteiger partial charge in [0, 0.05) is 38.9 Å². The van der Waals surface area contributed by atoms with Gasteiger partial charge in [0.2, 0.25) is 10.0 Å². The van der Waals surface area contributed by atoms with Crippen molar-refractivity contribution in [1.29, 1.82) is 0 Å². The van der Waals surface area contributed by atoms with Crippen LogP contribution < -0.4 is 10.0 Å². The van der Waals surface area contributed by atoms with Crippen molar-refractivity contribution in [3.05, 3.63) is 47.3 Å². The number of nitrogens with one attached hydrogen (secondary N) is 2. The number of aliphatic imine (C=N–C) groups is 1. The fourth-order valence-electron chi connectivity index (χ4n) is 3.06. The van der Waals surface area contributed by atoms with Crippen LogP contribution in [0.25, 0.3) is 0 Å². The summed E-state index contributed by atoms with van der Waals surface area (Å²) in [5.74, 6) is 1.10. The summed E-state index contributed by atoms with van der Waals surface area (Å²) in [7, 11) is 1.85. The van der Waals surface area contributed by atoms with Gasteiger partial charge in [-0.3, -0.25) is 4.68 Å². The number of hydrogen-bond acceptors (Lipinski definition) is 4. The molecule has 160 valence electrons. The smallest absolute Gasteiger partial charge is 0.240 e. The van der Waals surface area contributed by atoms with Crippen LogP contribution >= 0.6 is 0 Å². The van der Waals surface area contributed by atoms with Crippen LogP contribution in [0.1, 0.15) is 43.5 Å². The average Bonchev–Trinajstić information content (AvgIpc) is 3.05. The second kappa shape index (κ2) is 9.89. The molecule has 0 fully saturated rings. The molecule has 29 heavy (non-hydrogen) atoms. The first-order valence-electron chi connectivity index (χ1n) is 9.72. The summed E-state index contributed by atoms with van der Waals surface area (Å²) in [6.07, 6.45) is 2.04. The minimum absolute atomic E-state index is 0.239. The Balaban J connectivity index is 2.21. The summed E-state index contributed by atoms with van der Waals surface area (Å²) < 4.78 is 28.2. The van der Waals surface area contributed by atoms with Gasteiger partial charge in [0.1, 0.15) is 0 Å². The second-order valence-corrected chi connectivity index (χ2v) is 9.14. The van der Waals surface area contributed by atoms with Crippen LogP contribution in [0, 0.1) is 0 Å². The van der Waals surface area contributed by atoms with E-state index < -0.39 is 10.0 Å². The summed E-state index contributed by atoms with van der Waals surface area (Å²) >= 11 is 0. The molecule has 0 saturated carbocycles. The Morgan fingerprint density at radius 1 is 1.34 bits per heavy atom. The number of benzene rings is 1. The van der Waals surface area contributed by atoms with E-state index in [9.17, 15) is 8.42 Å². The van der Waals surface area contributed by atoms with E-state index in [-0.39, 0.29) is 4.90 Å². The average molecular weight is 421 g/mol. The highest BCUT2D eigenvalue weighted by Gasteiger charge is 2.15. The highest BCUT2D eigenvalue weighted by Crippen LogP contribution is 2.19. The van der Waals surface area contributed by atoms with Gasteiger partial charge in [0.25, 0.3) is 0 Å². The highest BCUT2D eigenvalue weighted by molar-refractivity contribution is 7.89. The van der Waals surface area contributed by atoms with Gasteiger partial charge in [0.05, 0.1) is 17.1 Å². The van der Waals surface area contributed by atoms with E-state index in [1.807, 2.05) is 38.0 Å². The molecule has 0 atom stereocenters. The minimum Gasteiger partial charge on any atom is -0.357 e. The zero-order chi connectivity index (χ0) is 21.6. The lowest BCUT2D eigenvalue weighted by Gasteiger charge is -2.22. The maximum absolute atomic E-state index is 12.0. The highest BCUT2D eigenvalue weighted by atomic mass is 32.2. The number of aryl methyl sites for hydroxylation is 1. The minimum atomic E-state index is -3.47. The quantitative estimate of drug-likeness (QED) is 0.504. The first-order valence-corrected chi connectivity index (χ1v) is 11.2. The Bertz CT molecular complexity index is 950. The summed E-state index contributed by atoms with van der Waals surface area (Å²) in [6.45, 7) is 8.09. The fraction of sp³-hybridized carbons (Fsp3) is 0.500. The Labute approximate surface area is 174 Å². The number of guanidine groups is 1. The van der Waals surface area contributed by atoms with E-state index >= 15 is 0 Å². The van der Waals surface area contributed by atoms with Crippen LogP contribution in [0.3, 0.4) is 0 Å². The molecule has 2 rings (SSSR count). The molecule has 0 unspecified atom stereocenters. The molecule has 2 N–H and O–H groups in total. The Kier molecular flexibility index (Phi) is 7.80. The van der Waals surface area contributed by atoms with Crippen molar-refractivity contribution >= 4 is 16.0 Å². The third kappa shape index (κ3) is 6.04. The lowest BCUT2D eigenvalue weighted by Crippen LogP contribution is -2.38. The molecule has 0 amide bonds. The van der Waals surface area contributed by atoms with Crippen LogP contribution in [-0.4, -0.2) is 49.7 Å². The third-order valence-electron chi connectivity index (χ3n) is 4.48. The van der Waals surface area contributed by atoms with Crippen LogP contribution in [0.4, 0.5) is 0 Å². The fourth-order valence-corrected chi connectivity index (χ4v) is 3.86. The molecule has 0 aliphatic rings. The molecule has 0 spiro atoms. The van der Waals surface area contributed by atoms with E-state index in [1.165, 1.54) is 7.05 Å². The maximum atomic E-state index is 12.0. The van der Waals surface area contributed by atoms with Gasteiger partial charge in [-0.25, -0.2) is 18.1 Å². The summed E-state index contributed by atoms with van der Waals surface area (Å²) in [5.41, 5.74) is 3.08. The summed E-state index contributed by atoms with van der Waals surface area (Å²) in [5, 5.41) is 7.87. The van der Waals surface area contributed by atoms with E-state index in [4.69, 9.17) is 4.99 Å². The van der Waals surface area contributed by atoms with Gasteiger partial charge >= 0.3 is 0 Å². The number of aromatic nitrogens is 2. The van der Waals surface area contributed by atoms with E-state index in [1.54, 1.807) is 18.2 Å². The lowest BCUT2D eigenvalue weighted by molar-refractivity contribution is 0.473. The van der Waals surface area contributed by atoms with Crippen molar-refractivity contribution in [2.45, 2.75) is 44.7 Å². The van der Waals surface area contributed by atoms with Crippen LogP contribution in [0.2, 0.25) is 0 Å². The Morgan fingerprint density at radius 3 is 2.69 bits per heavy atom. The molecule has 0 bridgehead atoms. The van der Waals surface area contributed by atoms with Crippen LogP contribution in [0.15, 0.2) is 40.4 Å². The molecular weight excluding hydrogens is 388 g/mol. The van der Waals surface area contributed by atoms with Crippen molar-refractivity contribution in [2.75, 3.05) is 20.6 Å². The van der Waals surface area contributed by atoms with Crippen LogP contribution in [0.5, 0.6) is 0 Å². The van der Waals surface area contributed by atoms with Gasteiger partial charge in [-0.2, -0.15) is 5.10 Å². The van der Waals surface area contributed by atoms with E-state index in [0.717, 1.165) is 29.3 Å². The lowest BCUT2D eigenvalue weighted by atomic mass is 10.1. The topological polar surface area (TPSA) is 91.6 Å². The molecule has 0 radical (unpaired) electrons. The molecule has 1 aromatic carbocycles. The predicted molar refractivity (Wildman–Crippen MR) is 116 cm³/mol. The van der Waals surface area contributed by atoms with Gasteiger partial charge in [0.15, 0.2) is 5.96 Å². The molecule has 9 heteroatoms. The van der Waals surface area contributed by atoms with Crippen molar-refractivity contribution in [3.63, 3.8) is 0 Å². The molecule has 2 aromatic rings. The molecule has 8 nitrogen and oxygen atoms in total. The number of rotatable bonds is 8. The normalized spacial score (nSPS) is 12.4. The Hall–Kier alpha value is -2.39. The molecule has 1 aromatic heterocycles. The number of sulfonamides is 1. The van der Waals surface area contributed by atoms with Gasteiger partial charge < -0.3 is 10.2 Å². The first kappa shape index (κ1) is 22.9. The van der Waals surface area contributed by atoms with Crippen molar-refractivity contribution < 1.29 is 8.42 Å². The summed E-state index contributed by atoms with van der Waals surface area (Å²) in [4.78, 5) is 6.99. The van der Waals surface area contributed by atoms with E-state index in [0.29, 0.717) is 19.0 Å². The summed E-state index contributed by atoms with van der Waals surface area (Å²) in [6, 6.07) is 6.83. The molecule has 1 heterocycles. The van der Waals surface area contributed by atoms with E-state index in [2.05, 4.69) is 33.9 Å².